The van der Waals surface area contributed by atoms with Crippen LogP contribution in [0.3, 0.4) is 0 Å². The first-order valence-corrected chi connectivity index (χ1v) is 6.53. The molecule has 0 saturated carbocycles. The molecule has 0 aromatic heterocycles. The maximum absolute atomic E-state index is 12.2. The van der Waals surface area contributed by atoms with E-state index in [1.807, 2.05) is 43.3 Å². The zero-order valence-corrected chi connectivity index (χ0v) is 11.5. The number of carbonyl (C=O) groups excluding carboxylic acids is 1. The van der Waals surface area contributed by atoms with E-state index in [4.69, 9.17) is 5.11 Å². The number of hydrogen-bond acceptors (Lipinski definition) is 2. The number of carboxylic acids is 1. The van der Waals surface area contributed by atoms with Crippen LogP contribution in [-0.4, -0.2) is 23.5 Å². The van der Waals surface area contributed by atoms with Crippen molar-refractivity contribution in [3.8, 4) is 0 Å². The van der Waals surface area contributed by atoms with Crippen LogP contribution in [-0.2, 0) is 9.59 Å². The lowest BCUT2D eigenvalue weighted by atomic mass is 10.2. The van der Waals surface area contributed by atoms with Crippen LogP contribution in [0.2, 0.25) is 0 Å². The van der Waals surface area contributed by atoms with Crippen molar-refractivity contribution >= 4 is 17.6 Å². The Balaban J connectivity index is 2.78. The molecule has 0 radical (unpaired) electrons. The Bertz CT molecular complexity index is 492. The minimum Gasteiger partial charge on any atom is -0.481 e. The minimum atomic E-state index is -0.852. The third-order valence-electron chi connectivity index (χ3n) is 2.65. The summed E-state index contributed by atoms with van der Waals surface area (Å²) in [7, 11) is 0. The Hall–Kier alpha value is -2.36. The highest BCUT2D eigenvalue weighted by atomic mass is 16.4. The van der Waals surface area contributed by atoms with Crippen LogP contribution >= 0.6 is 0 Å². The van der Waals surface area contributed by atoms with E-state index in [2.05, 4.69) is 0 Å². The van der Waals surface area contributed by atoms with Gasteiger partial charge in [0.25, 0.3) is 5.91 Å². The summed E-state index contributed by atoms with van der Waals surface area (Å²) in [4.78, 5) is 24.3. The molecule has 0 aliphatic carbocycles. The molecule has 1 aromatic carbocycles. The maximum Gasteiger partial charge on any atom is 0.303 e. The van der Waals surface area contributed by atoms with E-state index in [1.54, 1.807) is 17.1 Å². The molecule has 0 unspecified atom stereocenters. The minimum absolute atomic E-state index is 0.0508. The van der Waals surface area contributed by atoms with Crippen molar-refractivity contribution < 1.29 is 14.7 Å². The van der Waals surface area contributed by atoms with E-state index >= 15 is 0 Å². The molecule has 0 spiro atoms. The van der Waals surface area contributed by atoms with Crippen LogP contribution in [0.15, 0.2) is 54.6 Å². The van der Waals surface area contributed by atoms with Gasteiger partial charge in [0.1, 0.15) is 0 Å². The lowest BCUT2D eigenvalue weighted by Crippen LogP contribution is -2.30. The fourth-order valence-corrected chi connectivity index (χ4v) is 1.70. The number of allylic oxidation sites excluding steroid dienone is 3. The number of para-hydroxylation sites is 1. The molecule has 0 saturated heterocycles. The van der Waals surface area contributed by atoms with Gasteiger partial charge in [0.2, 0.25) is 0 Å². The Kier molecular flexibility index (Phi) is 6.82. The van der Waals surface area contributed by atoms with Gasteiger partial charge >= 0.3 is 5.97 Å². The van der Waals surface area contributed by atoms with Crippen molar-refractivity contribution in [2.75, 3.05) is 11.4 Å². The largest absolute Gasteiger partial charge is 0.481 e. The number of amides is 1. The molecular formula is C16H19NO3. The van der Waals surface area contributed by atoms with Gasteiger partial charge in [-0.15, -0.1) is 0 Å². The maximum atomic E-state index is 12.2. The molecule has 4 nitrogen and oxygen atoms in total. The first kappa shape index (κ1) is 15.7. The Morgan fingerprint density at radius 2 is 1.90 bits per heavy atom. The number of benzene rings is 1. The predicted octanol–water partition coefficient (Wildman–Crippen LogP) is 3.02. The van der Waals surface area contributed by atoms with E-state index < -0.39 is 5.97 Å². The number of aliphatic carboxylic acids is 1. The number of anilines is 1. The number of nitrogens with zero attached hydrogens (tertiary/aromatic N) is 1. The molecule has 20 heavy (non-hydrogen) atoms. The van der Waals surface area contributed by atoms with Gasteiger partial charge < -0.3 is 10.0 Å². The second-order valence-corrected chi connectivity index (χ2v) is 4.21. The van der Waals surface area contributed by atoms with Crippen molar-refractivity contribution in [2.45, 2.75) is 19.8 Å². The molecule has 1 aromatic rings. The smallest absolute Gasteiger partial charge is 0.303 e. The summed E-state index contributed by atoms with van der Waals surface area (Å²) in [6, 6.07) is 9.24. The van der Waals surface area contributed by atoms with E-state index in [0.717, 1.165) is 5.69 Å². The normalized spacial score (nSPS) is 11.1. The van der Waals surface area contributed by atoms with E-state index in [9.17, 15) is 9.59 Å². The Labute approximate surface area is 119 Å². The Morgan fingerprint density at radius 3 is 2.50 bits per heavy atom. The van der Waals surface area contributed by atoms with Gasteiger partial charge in [0.05, 0.1) is 0 Å². The van der Waals surface area contributed by atoms with E-state index in [1.165, 1.54) is 6.08 Å². The Morgan fingerprint density at radius 1 is 1.20 bits per heavy atom. The van der Waals surface area contributed by atoms with Crippen LogP contribution in [0.5, 0.6) is 0 Å². The fraction of sp³-hybridized carbons (Fsp3) is 0.250. The van der Waals surface area contributed by atoms with Crippen molar-refractivity contribution in [3.05, 3.63) is 54.6 Å². The average molecular weight is 273 g/mol. The molecule has 1 N–H and O–H groups in total. The van der Waals surface area contributed by atoms with Gasteiger partial charge in [-0.1, -0.05) is 36.4 Å². The topological polar surface area (TPSA) is 57.6 Å². The SMILES string of the molecule is C/C=C/C=C/C(=O)N(CCCC(=O)O)c1ccccc1. The van der Waals surface area contributed by atoms with Gasteiger partial charge in [-0.2, -0.15) is 0 Å². The molecule has 0 fully saturated rings. The predicted molar refractivity (Wildman–Crippen MR) is 79.6 cm³/mol. The zero-order valence-electron chi connectivity index (χ0n) is 11.5. The summed E-state index contributed by atoms with van der Waals surface area (Å²) in [6.07, 6.45) is 7.24. The lowest BCUT2D eigenvalue weighted by molar-refractivity contribution is -0.137. The lowest BCUT2D eigenvalue weighted by Gasteiger charge is -2.21. The second-order valence-electron chi connectivity index (χ2n) is 4.21. The molecule has 1 amide bonds. The van der Waals surface area contributed by atoms with Crippen LogP contribution in [0.1, 0.15) is 19.8 Å². The van der Waals surface area contributed by atoms with Gasteiger partial charge in [-0.05, 0) is 25.5 Å². The summed E-state index contributed by atoms with van der Waals surface area (Å²) in [5.41, 5.74) is 0.771. The molecule has 106 valence electrons. The van der Waals surface area contributed by atoms with Gasteiger partial charge in [0.15, 0.2) is 0 Å². The van der Waals surface area contributed by atoms with Crippen molar-refractivity contribution in [3.63, 3.8) is 0 Å². The number of carbonyl (C=O) groups is 2. The average Bonchev–Trinajstić information content (AvgIpc) is 2.44. The van der Waals surface area contributed by atoms with Crippen molar-refractivity contribution in [2.24, 2.45) is 0 Å². The fourth-order valence-electron chi connectivity index (χ4n) is 1.70. The van der Waals surface area contributed by atoms with E-state index in [-0.39, 0.29) is 12.3 Å². The summed E-state index contributed by atoms with van der Waals surface area (Å²) in [6.45, 7) is 2.26. The quantitative estimate of drug-likeness (QED) is 0.613. The van der Waals surface area contributed by atoms with Gasteiger partial charge in [-0.25, -0.2) is 0 Å². The molecule has 0 heterocycles. The summed E-state index contributed by atoms with van der Waals surface area (Å²) >= 11 is 0. The number of carboxylic acid groups (broad SMARTS) is 1. The highest BCUT2D eigenvalue weighted by molar-refractivity contribution is 6.01. The summed E-state index contributed by atoms with van der Waals surface area (Å²) in [5, 5.41) is 8.68. The summed E-state index contributed by atoms with van der Waals surface area (Å²) in [5.74, 6) is -1.00. The number of rotatable bonds is 7. The second kappa shape index (κ2) is 8.69. The highest BCUT2D eigenvalue weighted by Crippen LogP contribution is 2.14. The molecule has 0 atom stereocenters. The first-order chi connectivity index (χ1) is 9.65. The van der Waals surface area contributed by atoms with Gasteiger partial charge in [0, 0.05) is 24.7 Å². The monoisotopic (exact) mass is 273 g/mol. The van der Waals surface area contributed by atoms with Crippen LogP contribution in [0, 0.1) is 0 Å². The molecular weight excluding hydrogens is 254 g/mol. The number of hydrogen-bond donors (Lipinski definition) is 1. The van der Waals surface area contributed by atoms with Crippen LogP contribution < -0.4 is 4.90 Å². The highest BCUT2D eigenvalue weighted by Gasteiger charge is 2.12. The summed E-state index contributed by atoms with van der Waals surface area (Å²) < 4.78 is 0. The van der Waals surface area contributed by atoms with Crippen LogP contribution in [0.4, 0.5) is 5.69 Å². The van der Waals surface area contributed by atoms with Crippen molar-refractivity contribution in [1.82, 2.24) is 0 Å². The molecule has 4 heteroatoms. The van der Waals surface area contributed by atoms with Gasteiger partial charge in [-0.3, -0.25) is 9.59 Å². The molecule has 0 aliphatic rings. The molecule has 0 aliphatic heterocycles. The van der Waals surface area contributed by atoms with Crippen LogP contribution in [0.25, 0.3) is 0 Å². The third kappa shape index (κ3) is 5.52. The molecule has 0 bridgehead atoms. The molecule has 1 rings (SSSR count). The zero-order chi connectivity index (χ0) is 14.8. The van der Waals surface area contributed by atoms with E-state index in [0.29, 0.717) is 13.0 Å². The standard InChI is InChI=1S/C16H19NO3/c1-2-3-5-11-15(18)17(13-8-12-16(19)20)14-9-6-4-7-10-14/h2-7,9-11H,8,12-13H2,1H3,(H,19,20)/b3-2+,11-5+. The third-order valence-corrected chi connectivity index (χ3v) is 2.65. The first-order valence-electron chi connectivity index (χ1n) is 6.53. The van der Waals surface area contributed by atoms with Crippen molar-refractivity contribution in [1.29, 1.82) is 0 Å².